The van der Waals surface area contributed by atoms with Gasteiger partial charge in [-0.15, -0.1) is 23.5 Å². The van der Waals surface area contributed by atoms with Crippen LogP contribution >= 0.6 is 23.5 Å². The Labute approximate surface area is 81.6 Å². The first-order valence-electron chi connectivity index (χ1n) is 3.63. The zero-order valence-electron chi connectivity index (χ0n) is 7.15. The summed E-state index contributed by atoms with van der Waals surface area (Å²) in [6.45, 7) is 0. The zero-order chi connectivity index (χ0) is 8.97. The fourth-order valence-electron chi connectivity index (χ4n) is 1.04. The fraction of sp³-hybridized carbons (Fsp3) is 0.333. The van der Waals surface area contributed by atoms with Crippen molar-refractivity contribution in [2.45, 2.75) is 4.58 Å². The number of hydrogen-bond donors (Lipinski definition) is 1. The smallest absolute Gasteiger partial charge is 0.120 e. The molecule has 66 valence electrons. The summed E-state index contributed by atoms with van der Waals surface area (Å²) in [7, 11) is 0. The van der Waals surface area contributed by atoms with Crippen molar-refractivity contribution in [3.8, 4) is 5.75 Å². The topological polar surface area (TPSA) is 20.2 Å². The highest BCUT2D eigenvalue weighted by atomic mass is 32.2. The van der Waals surface area contributed by atoms with E-state index in [9.17, 15) is 5.11 Å². The molecule has 3 heteroatoms. The minimum Gasteiger partial charge on any atom is -0.508 e. The van der Waals surface area contributed by atoms with Crippen molar-refractivity contribution in [1.29, 1.82) is 0 Å². The summed E-state index contributed by atoms with van der Waals surface area (Å²) in [5.41, 5.74) is 1.01. The molecular formula is C9H12OS2. The van der Waals surface area contributed by atoms with E-state index in [4.69, 9.17) is 0 Å². The molecule has 1 nitrogen and oxygen atoms in total. The molecule has 0 saturated heterocycles. The molecule has 0 saturated carbocycles. The number of phenolic OH excluding ortho intramolecular Hbond substituents is 1. The highest BCUT2D eigenvalue weighted by Crippen LogP contribution is 2.39. The first-order valence-corrected chi connectivity index (χ1v) is 6.20. The molecule has 0 aliphatic heterocycles. The van der Waals surface area contributed by atoms with Gasteiger partial charge in [0.2, 0.25) is 0 Å². The van der Waals surface area contributed by atoms with Gasteiger partial charge in [0.1, 0.15) is 5.75 Å². The SMILES string of the molecule is CSC(SC)c1ccccc1O. The van der Waals surface area contributed by atoms with E-state index < -0.39 is 0 Å². The van der Waals surface area contributed by atoms with Crippen LogP contribution in [-0.2, 0) is 0 Å². The van der Waals surface area contributed by atoms with Gasteiger partial charge in [0.25, 0.3) is 0 Å². The molecule has 0 radical (unpaired) electrons. The molecule has 1 aromatic carbocycles. The third-order valence-corrected chi connectivity index (χ3v) is 4.14. The van der Waals surface area contributed by atoms with Crippen LogP contribution in [0, 0.1) is 0 Å². The Hall–Kier alpha value is -0.280. The molecule has 0 atom stereocenters. The summed E-state index contributed by atoms with van der Waals surface area (Å²) in [6.07, 6.45) is 4.10. The van der Waals surface area contributed by atoms with Crippen LogP contribution in [0.25, 0.3) is 0 Å². The lowest BCUT2D eigenvalue weighted by atomic mass is 10.2. The summed E-state index contributed by atoms with van der Waals surface area (Å²) in [6, 6.07) is 7.49. The predicted octanol–water partition coefficient (Wildman–Crippen LogP) is 3.12. The van der Waals surface area contributed by atoms with Gasteiger partial charge in [0.05, 0.1) is 4.58 Å². The van der Waals surface area contributed by atoms with E-state index >= 15 is 0 Å². The molecular weight excluding hydrogens is 188 g/mol. The Morgan fingerprint density at radius 3 is 2.25 bits per heavy atom. The van der Waals surface area contributed by atoms with Crippen LogP contribution in [0.2, 0.25) is 0 Å². The second kappa shape index (κ2) is 4.67. The summed E-state index contributed by atoms with van der Waals surface area (Å²) in [5, 5.41) is 9.52. The summed E-state index contributed by atoms with van der Waals surface area (Å²) < 4.78 is 0.339. The van der Waals surface area contributed by atoms with Gasteiger partial charge in [-0.2, -0.15) is 0 Å². The van der Waals surface area contributed by atoms with Gasteiger partial charge >= 0.3 is 0 Å². The lowest BCUT2D eigenvalue weighted by Gasteiger charge is -2.12. The number of thioether (sulfide) groups is 2. The van der Waals surface area contributed by atoms with Crippen molar-refractivity contribution in [3.05, 3.63) is 29.8 Å². The predicted molar refractivity (Wildman–Crippen MR) is 57.9 cm³/mol. The Bertz CT molecular complexity index is 246. The molecule has 1 N–H and O–H groups in total. The molecule has 0 aliphatic carbocycles. The van der Waals surface area contributed by atoms with Gasteiger partial charge in [0, 0.05) is 5.56 Å². The van der Waals surface area contributed by atoms with Crippen molar-refractivity contribution >= 4 is 23.5 Å². The maximum absolute atomic E-state index is 9.52. The fourth-order valence-corrected chi connectivity index (χ4v) is 2.71. The van der Waals surface area contributed by atoms with E-state index in [0.29, 0.717) is 10.3 Å². The van der Waals surface area contributed by atoms with Crippen LogP contribution in [0.15, 0.2) is 24.3 Å². The number of aromatic hydroxyl groups is 1. The quantitative estimate of drug-likeness (QED) is 0.757. The Kier molecular flexibility index (Phi) is 3.82. The number of hydrogen-bond acceptors (Lipinski definition) is 3. The monoisotopic (exact) mass is 200 g/mol. The van der Waals surface area contributed by atoms with E-state index in [0.717, 1.165) is 5.56 Å². The first-order chi connectivity index (χ1) is 5.79. The van der Waals surface area contributed by atoms with E-state index in [2.05, 4.69) is 0 Å². The van der Waals surface area contributed by atoms with Gasteiger partial charge < -0.3 is 5.11 Å². The van der Waals surface area contributed by atoms with Crippen LogP contribution in [0.5, 0.6) is 5.75 Å². The van der Waals surface area contributed by atoms with Gasteiger partial charge in [-0.3, -0.25) is 0 Å². The summed E-state index contributed by atoms with van der Waals surface area (Å²) >= 11 is 3.48. The average molecular weight is 200 g/mol. The van der Waals surface area contributed by atoms with E-state index in [-0.39, 0.29) is 0 Å². The molecule has 0 fully saturated rings. The maximum atomic E-state index is 9.52. The minimum atomic E-state index is 0.339. The Morgan fingerprint density at radius 1 is 1.17 bits per heavy atom. The largest absolute Gasteiger partial charge is 0.508 e. The number of rotatable bonds is 3. The van der Waals surface area contributed by atoms with E-state index in [1.165, 1.54) is 0 Å². The molecule has 1 rings (SSSR count). The maximum Gasteiger partial charge on any atom is 0.120 e. The standard InChI is InChI=1S/C9H12OS2/c1-11-9(12-2)7-5-3-4-6-8(7)10/h3-6,9-10H,1-2H3. The molecule has 0 bridgehead atoms. The number of phenols is 1. The van der Waals surface area contributed by atoms with Gasteiger partial charge in [-0.1, -0.05) is 18.2 Å². The van der Waals surface area contributed by atoms with Crippen molar-refractivity contribution in [3.63, 3.8) is 0 Å². The Morgan fingerprint density at radius 2 is 1.75 bits per heavy atom. The first kappa shape index (κ1) is 9.81. The number of para-hydroxylation sites is 1. The summed E-state index contributed by atoms with van der Waals surface area (Å²) in [4.78, 5) is 0. The van der Waals surface area contributed by atoms with E-state index in [1.807, 2.05) is 30.7 Å². The third kappa shape index (κ3) is 2.11. The minimum absolute atomic E-state index is 0.339. The molecule has 0 unspecified atom stereocenters. The third-order valence-electron chi connectivity index (χ3n) is 1.62. The van der Waals surface area contributed by atoms with Crippen LogP contribution in [0.1, 0.15) is 10.1 Å². The van der Waals surface area contributed by atoms with Crippen molar-refractivity contribution in [1.82, 2.24) is 0 Å². The van der Waals surface area contributed by atoms with E-state index in [1.54, 1.807) is 29.6 Å². The number of benzene rings is 1. The Balaban J connectivity index is 2.92. The lowest BCUT2D eigenvalue weighted by molar-refractivity contribution is 0.470. The molecule has 0 amide bonds. The van der Waals surface area contributed by atoms with Gasteiger partial charge in [-0.25, -0.2) is 0 Å². The lowest BCUT2D eigenvalue weighted by Crippen LogP contribution is -1.87. The van der Waals surface area contributed by atoms with Crippen LogP contribution < -0.4 is 0 Å². The van der Waals surface area contributed by atoms with Crippen molar-refractivity contribution in [2.75, 3.05) is 12.5 Å². The zero-order valence-corrected chi connectivity index (χ0v) is 8.78. The van der Waals surface area contributed by atoms with Crippen molar-refractivity contribution < 1.29 is 5.11 Å². The molecule has 0 heterocycles. The van der Waals surface area contributed by atoms with Crippen LogP contribution in [0.4, 0.5) is 0 Å². The molecule has 0 aliphatic rings. The molecule has 1 aromatic rings. The molecule has 0 spiro atoms. The van der Waals surface area contributed by atoms with Crippen molar-refractivity contribution in [2.24, 2.45) is 0 Å². The average Bonchev–Trinajstić information content (AvgIpc) is 2.10. The normalized spacial score (nSPS) is 10.6. The second-order valence-electron chi connectivity index (χ2n) is 2.36. The highest BCUT2D eigenvalue weighted by Gasteiger charge is 2.11. The molecule has 0 aromatic heterocycles. The highest BCUT2D eigenvalue weighted by molar-refractivity contribution is 8.15. The van der Waals surface area contributed by atoms with Crippen LogP contribution in [0.3, 0.4) is 0 Å². The van der Waals surface area contributed by atoms with Gasteiger partial charge in [-0.05, 0) is 18.6 Å². The van der Waals surface area contributed by atoms with Gasteiger partial charge in [0.15, 0.2) is 0 Å². The van der Waals surface area contributed by atoms with Crippen LogP contribution in [-0.4, -0.2) is 17.6 Å². The second-order valence-corrected chi connectivity index (χ2v) is 4.55. The molecule has 12 heavy (non-hydrogen) atoms. The summed E-state index contributed by atoms with van der Waals surface area (Å²) in [5.74, 6) is 0.395.